The summed E-state index contributed by atoms with van der Waals surface area (Å²) in [5, 5.41) is 3.31. The summed E-state index contributed by atoms with van der Waals surface area (Å²) in [5.74, 6) is 0. The maximum absolute atomic E-state index is 11.7. The Hall–Kier alpha value is -1.36. The zero-order chi connectivity index (χ0) is 13.0. The van der Waals surface area contributed by atoms with Crippen molar-refractivity contribution in [3.63, 3.8) is 0 Å². The molecule has 0 aliphatic rings. The first kappa shape index (κ1) is 13.7. The van der Waals surface area contributed by atoms with Crippen LogP contribution in [0.2, 0.25) is 0 Å². The Morgan fingerprint density at radius 1 is 1.29 bits per heavy atom. The van der Waals surface area contributed by atoms with Crippen molar-refractivity contribution in [2.45, 2.75) is 39.3 Å². The quantitative estimate of drug-likeness (QED) is 0.807. The second-order valence-corrected chi connectivity index (χ2v) is 4.45. The molecule has 0 aliphatic carbocycles. The van der Waals surface area contributed by atoms with Gasteiger partial charge in [-0.05, 0) is 13.3 Å². The van der Waals surface area contributed by atoms with E-state index in [0.29, 0.717) is 12.6 Å². The van der Waals surface area contributed by atoms with E-state index in [1.165, 1.54) is 17.7 Å². The second kappa shape index (κ2) is 5.82. The lowest BCUT2D eigenvalue weighted by Gasteiger charge is -2.14. The average Bonchev–Trinajstić information content (AvgIpc) is 2.30. The van der Waals surface area contributed by atoms with Gasteiger partial charge in [-0.1, -0.05) is 13.3 Å². The van der Waals surface area contributed by atoms with Crippen LogP contribution in [0.5, 0.6) is 0 Å². The van der Waals surface area contributed by atoms with Crippen molar-refractivity contribution in [2.75, 3.05) is 0 Å². The van der Waals surface area contributed by atoms with Crippen LogP contribution in [0.25, 0.3) is 0 Å². The Bertz CT molecular complexity index is 488. The fourth-order valence-electron chi connectivity index (χ4n) is 1.76. The lowest BCUT2D eigenvalue weighted by Crippen LogP contribution is -2.39. The summed E-state index contributed by atoms with van der Waals surface area (Å²) in [4.78, 5) is 23.2. The first-order chi connectivity index (χ1) is 7.97. The highest BCUT2D eigenvalue weighted by molar-refractivity contribution is 5.02. The predicted molar refractivity (Wildman–Crippen MR) is 68.1 cm³/mol. The van der Waals surface area contributed by atoms with Gasteiger partial charge in [0.05, 0.1) is 0 Å². The maximum Gasteiger partial charge on any atom is 0.330 e. The zero-order valence-electron chi connectivity index (χ0n) is 11.0. The third-order valence-corrected chi connectivity index (χ3v) is 2.98. The molecule has 1 aromatic rings. The van der Waals surface area contributed by atoms with Gasteiger partial charge >= 0.3 is 5.69 Å². The summed E-state index contributed by atoms with van der Waals surface area (Å²) in [5.41, 5.74) is 0.187. The summed E-state index contributed by atoms with van der Waals surface area (Å²) < 4.78 is 2.62. The lowest BCUT2D eigenvalue weighted by molar-refractivity contribution is 0.491. The molecule has 1 aromatic heterocycles. The molecule has 1 atom stereocenters. The van der Waals surface area contributed by atoms with Crippen LogP contribution in [0.15, 0.2) is 15.7 Å². The Kier molecular flexibility index (Phi) is 4.69. The standard InChI is InChI=1S/C12H21N3O2/c1-5-6-9(2)13-8-10-7-11(16)15(4)12(17)14(10)3/h7,9,13H,5-6,8H2,1-4H3. The van der Waals surface area contributed by atoms with Crippen LogP contribution >= 0.6 is 0 Å². The number of aromatic nitrogens is 2. The highest BCUT2D eigenvalue weighted by Gasteiger charge is 2.06. The van der Waals surface area contributed by atoms with E-state index in [2.05, 4.69) is 19.2 Å². The summed E-state index contributed by atoms with van der Waals surface area (Å²) in [7, 11) is 3.17. The Labute approximate surface area is 101 Å². The van der Waals surface area contributed by atoms with Gasteiger partial charge in [-0.25, -0.2) is 4.79 Å². The number of nitrogens with zero attached hydrogens (tertiary/aromatic N) is 2. The van der Waals surface area contributed by atoms with Gasteiger partial charge in [-0.2, -0.15) is 0 Å². The summed E-state index contributed by atoms with van der Waals surface area (Å²) in [6.45, 7) is 4.78. The molecule has 0 amide bonds. The largest absolute Gasteiger partial charge is 0.330 e. The molecule has 5 nitrogen and oxygen atoms in total. The monoisotopic (exact) mass is 239 g/mol. The van der Waals surface area contributed by atoms with Gasteiger partial charge in [0.15, 0.2) is 0 Å². The lowest BCUT2D eigenvalue weighted by atomic mass is 10.2. The highest BCUT2D eigenvalue weighted by Crippen LogP contribution is 1.97. The molecule has 0 spiro atoms. The fourth-order valence-corrected chi connectivity index (χ4v) is 1.76. The van der Waals surface area contributed by atoms with Gasteiger partial charge in [0.25, 0.3) is 5.56 Å². The van der Waals surface area contributed by atoms with E-state index in [-0.39, 0.29) is 11.2 Å². The van der Waals surface area contributed by atoms with Crippen LogP contribution in [-0.4, -0.2) is 15.2 Å². The number of rotatable bonds is 5. The van der Waals surface area contributed by atoms with Crippen molar-refractivity contribution in [3.8, 4) is 0 Å². The molecule has 1 rings (SSSR count). The third kappa shape index (κ3) is 3.30. The smallest absolute Gasteiger partial charge is 0.309 e. The van der Waals surface area contributed by atoms with Gasteiger partial charge in [0.1, 0.15) is 0 Å². The molecule has 0 aliphatic heterocycles. The minimum atomic E-state index is -0.280. The van der Waals surface area contributed by atoms with Crippen LogP contribution in [-0.2, 0) is 20.6 Å². The zero-order valence-corrected chi connectivity index (χ0v) is 11.0. The SMILES string of the molecule is CCCC(C)NCc1cc(=O)n(C)c(=O)n1C. The van der Waals surface area contributed by atoms with Gasteiger partial charge in [0, 0.05) is 38.4 Å². The molecule has 1 unspecified atom stereocenters. The van der Waals surface area contributed by atoms with Crippen molar-refractivity contribution < 1.29 is 0 Å². The Morgan fingerprint density at radius 2 is 1.94 bits per heavy atom. The van der Waals surface area contributed by atoms with Crippen molar-refractivity contribution in [3.05, 3.63) is 32.6 Å². The number of hydrogen-bond acceptors (Lipinski definition) is 3. The summed E-state index contributed by atoms with van der Waals surface area (Å²) in [6, 6.07) is 1.90. The topological polar surface area (TPSA) is 56.0 Å². The third-order valence-electron chi connectivity index (χ3n) is 2.98. The molecule has 17 heavy (non-hydrogen) atoms. The molecule has 1 heterocycles. The molecule has 0 saturated carbocycles. The average molecular weight is 239 g/mol. The molecule has 0 aromatic carbocycles. The molecule has 0 fully saturated rings. The Morgan fingerprint density at radius 3 is 2.53 bits per heavy atom. The van der Waals surface area contributed by atoms with E-state index >= 15 is 0 Å². The van der Waals surface area contributed by atoms with E-state index in [1.807, 2.05) is 0 Å². The first-order valence-corrected chi connectivity index (χ1v) is 5.96. The van der Waals surface area contributed by atoms with E-state index < -0.39 is 0 Å². The van der Waals surface area contributed by atoms with Gasteiger partial charge < -0.3 is 5.32 Å². The highest BCUT2D eigenvalue weighted by atomic mass is 16.2. The molecule has 0 bridgehead atoms. The van der Waals surface area contributed by atoms with Crippen molar-refractivity contribution >= 4 is 0 Å². The van der Waals surface area contributed by atoms with E-state index in [0.717, 1.165) is 23.1 Å². The number of hydrogen-bond donors (Lipinski definition) is 1. The maximum atomic E-state index is 11.7. The van der Waals surface area contributed by atoms with E-state index in [4.69, 9.17) is 0 Å². The molecule has 5 heteroatoms. The van der Waals surface area contributed by atoms with Crippen LogP contribution < -0.4 is 16.6 Å². The number of nitrogens with one attached hydrogen (secondary N) is 1. The van der Waals surface area contributed by atoms with Gasteiger partial charge in [-0.15, -0.1) is 0 Å². The van der Waals surface area contributed by atoms with Crippen LogP contribution in [0.4, 0.5) is 0 Å². The first-order valence-electron chi connectivity index (χ1n) is 5.96. The molecular weight excluding hydrogens is 218 g/mol. The van der Waals surface area contributed by atoms with Gasteiger partial charge in [-0.3, -0.25) is 13.9 Å². The fraction of sp³-hybridized carbons (Fsp3) is 0.667. The summed E-state index contributed by atoms with van der Waals surface area (Å²) >= 11 is 0. The minimum absolute atomic E-state index is 0.256. The van der Waals surface area contributed by atoms with Crippen molar-refractivity contribution in [1.29, 1.82) is 0 Å². The second-order valence-electron chi connectivity index (χ2n) is 4.45. The normalized spacial score (nSPS) is 12.7. The Balaban J connectivity index is 2.86. The van der Waals surface area contributed by atoms with Crippen molar-refractivity contribution in [2.24, 2.45) is 14.1 Å². The van der Waals surface area contributed by atoms with Crippen LogP contribution in [0.3, 0.4) is 0 Å². The molecule has 1 N–H and O–H groups in total. The predicted octanol–water partition coefficient (Wildman–Crippen LogP) is 0.362. The minimum Gasteiger partial charge on any atom is -0.309 e. The molecule has 96 valence electrons. The van der Waals surface area contributed by atoms with E-state index in [9.17, 15) is 9.59 Å². The van der Waals surface area contributed by atoms with E-state index in [1.54, 1.807) is 7.05 Å². The van der Waals surface area contributed by atoms with Gasteiger partial charge in [0.2, 0.25) is 0 Å². The molecule has 0 saturated heterocycles. The van der Waals surface area contributed by atoms with Crippen molar-refractivity contribution in [1.82, 2.24) is 14.5 Å². The summed E-state index contributed by atoms with van der Waals surface area (Å²) in [6.07, 6.45) is 2.20. The van der Waals surface area contributed by atoms with Crippen LogP contribution in [0, 0.1) is 0 Å². The molecular formula is C12H21N3O2. The van der Waals surface area contributed by atoms with Crippen LogP contribution in [0.1, 0.15) is 32.4 Å². The molecule has 0 radical (unpaired) electrons.